The van der Waals surface area contributed by atoms with Crippen molar-refractivity contribution in [3.63, 3.8) is 0 Å². The maximum absolute atomic E-state index is 5.70. The van der Waals surface area contributed by atoms with Gasteiger partial charge in [-0.05, 0) is 25.3 Å². The number of hydrogen-bond donors (Lipinski definition) is 1. The molecule has 5 nitrogen and oxygen atoms in total. The topological polar surface area (TPSA) is 52.0 Å². The van der Waals surface area contributed by atoms with Crippen LogP contribution >= 0.6 is 0 Å². The summed E-state index contributed by atoms with van der Waals surface area (Å²) in [7, 11) is 0. The average molecular weight is 362 g/mol. The molecule has 2 heterocycles. The molecule has 0 bridgehead atoms. The summed E-state index contributed by atoms with van der Waals surface area (Å²) in [6.45, 7) is 5.21. The van der Waals surface area contributed by atoms with Crippen molar-refractivity contribution in [3.05, 3.63) is 71.4 Å². The molecule has 4 rings (SSSR count). The average Bonchev–Trinajstić information content (AvgIpc) is 3.35. The fourth-order valence-corrected chi connectivity index (χ4v) is 3.41. The van der Waals surface area contributed by atoms with Crippen LogP contribution in [0, 0.1) is 6.92 Å². The van der Waals surface area contributed by atoms with E-state index in [2.05, 4.69) is 48.6 Å². The predicted molar refractivity (Wildman–Crippen MR) is 106 cm³/mol. The molecular formula is C22H26N4O. The molecule has 0 radical (unpaired) electrons. The van der Waals surface area contributed by atoms with E-state index in [4.69, 9.17) is 14.9 Å². The van der Waals surface area contributed by atoms with Gasteiger partial charge in [-0.3, -0.25) is 0 Å². The zero-order chi connectivity index (χ0) is 18.5. The zero-order valence-corrected chi connectivity index (χ0v) is 15.8. The molecule has 0 saturated carbocycles. The Labute approximate surface area is 160 Å². The minimum atomic E-state index is 0.327. The van der Waals surface area contributed by atoms with Gasteiger partial charge in [-0.1, -0.05) is 60.2 Å². The first-order valence-corrected chi connectivity index (χ1v) is 9.65. The van der Waals surface area contributed by atoms with Crippen LogP contribution in [0.15, 0.2) is 54.6 Å². The monoisotopic (exact) mass is 362 g/mol. The first-order valence-electron chi connectivity index (χ1n) is 9.65. The molecule has 140 valence electrons. The van der Waals surface area contributed by atoms with Crippen molar-refractivity contribution in [2.45, 2.75) is 39.0 Å². The molecule has 0 aliphatic carbocycles. The van der Waals surface area contributed by atoms with Crippen molar-refractivity contribution in [3.8, 4) is 11.3 Å². The quantitative estimate of drug-likeness (QED) is 0.698. The summed E-state index contributed by atoms with van der Waals surface area (Å²) in [5, 5.41) is 13.1. The van der Waals surface area contributed by atoms with Crippen LogP contribution < -0.4 is 5.32 Å². The molecule has 1 N–H and O–H groups in total. The fourth-order valence-electron chi connectivity index (χ4n) is 3.41. The Morgan fingerprint density at radius 2 is 1.89 bits per heavy atom. The zero-order valence-electron chi connectivity index (χ0n) is 15.8. The highest BCUT2D eigenvalue weighted by atomic mass is 16.5. The standard InChI is InChI=1S/C22H26N4O/c1-17-9-11-18(12-10-17)16-26-24-21(15-23-14-20-8-5-13-27-20)22(25-26)19-6-3-2-4-7-19/h2-4,6-7,9-12,20,23H,5,8,13-16H2,1H3/t20-/m0/s1. The van der Waals surface area contributed by atoms with E-state index in [1.54, 1.807) is 4.80 Å². The Morgan fingerprint density at radius 1 is 1.07 bits per heavy atom. The molecule has 2 aromatic carbocycles. The van der Waals surface area contributed by atoms with E-state index in [0.29, 0.717) is 19.2 Å². The molecule has 1 saturated heterocycles. The van der Waals surface area contributed by atoms with E-state index < -0.39 is 0 Å². The molecule has 1 aromatic heterocycles. The molecule has 27 heavy (non-hydrogen) atoms. The van der Waals surface area contributed by atoms with Gasteiger partial charge < -0.3 is 10.1 Å². The third kappa shape index (κ3) is 4.62. The second-order valence-corrected chi connectivity index (χ2v) is 7.14. The van der Waals surface area contributed by atoms with Crippen molar-refractivity contribution in [2.75, 3.05) is 13.2 Å². The fraction of sp³-hybridized carbons (Fsp3) is 0.364. The van der Waals surface area contributed by atoms with Gasteiger partial charge in [-0.15, -0.1) is 0 Å². The van der Waals surface area contributed by atoms with Crippen LogP contribution in [-0.4, -0.2) is 34.2 Å². The van der Waals surface area contributed by atoms with Gasteiger partial charge >= 0.3 is 0 Å². The number of hydrogen-bond acceptors (Lipinski definition) is 4. The minimum absolute atomic E-state index is 0.327. The molecule has 3 aromatic rings. The van der Waals surface area contributed by atoms with E-state index in [1.165, 1.54) is 11.1 Å². The lowest BCUT2D eigenvalue weighted by molar-refractivity contribution is 0.110. The molecule has 5 heteroatoms. The summed E-state index contributed by atoms with van der Waals surface area (Å²) >= 11 is 0. The van der Waals surface area contributed by atoms with E-state index in [0.717, 1.165) is 42.9 Å². The normalized spacial score (nSPS) is 16.7. The van der Waals surface area contributed by atoms with Crippen LogP contribution in [0.4, 0.5) is 0 Å². The second kappa shape index (κ2) is 8.46. The van der Waals surface area contributed by atoms with Crippen molar-refractivity contribution >= 4 is 0 Å². The van der Waals surface area contributed by atoms with Crippen molar-refractivity contribution in [2.24, 2.45) is 0 Å². The number of aryl methyl sites for hydroxylation is 1. The van der Waals surface area contributed by atoms with E-state index >= 15 is 0 Å². The molecule has 0 unspecified atom stereocenters. The predicted octanol–water partition coefficient (Wildman–Crippen LogP) is 3.57. The minimum Gasteiger partial charge on any atom is -0.377 e. The summed E-state index contributed by atoms with van der Waals surface area (Å²) in [5.41, 5.74) is 5.49. The van der Waals surface area contributed by atoms with Gasteiger partial charge in [-0.25, -0.2) is 0 Å². The number of aromatic nitrogens is 3. The number of ether oxygens (including phenoxy) is 1. The smallest absolute Gasteiger partial charge is 0.117 e. The van der Waals surface area contributed by atoms with Crippen molar-refractivity contribution in [1.29, 1.82) is 0 Å². The molecule has 0 amide bonds. The lowest BCUT2D eigenvalue weighted by atomic mass is 10.1. The number of benzene rings is 2. The van der Waals surface area contributed by atoms with Gasteiger partial charge in [0, 0.05) is 25.3 Å². The van der Waals surface area contributed by atoms with Crippen LogP contribution in [0.3, 0.4) is 0 Å². The summed E-state index contributed by atoms with van der Waals surface area (Å²) in [4.78, 5) is 1.80. The highest BCUT2D eigenvalue weighted by molar-refractivity contribution is 5.60. The van der Waals surface area contributed by atoms with Gasteiger partial charge in [-0.2, -0.15) is 15.0 Å². The lowest BCUT2D eigenvalue weighted by Crippen LogP contribution is -2.26. The van der Waals surface area contributed by atoms with E-state index in [9.17, 15) is 0 Å². The van der Waals surface area contributed by atoms with Gasteiger partial charge in [0.05, 0.1) is 12.6 Å². The van der Waals surface area contributed by atoms with Crippen LogP contribution in [0.1, 0.15) is 29.7 Å². The second-order valence-electron chi connectivity index (χ2n) is 7.14. The summed E-state index contributed by atoms with van der Waals surface area (Å²) < 4.78 is 5.70. The lowest BCUT2D eigenvalue weighted by Gasteiger charge is -2.10. The van der Waals surface area contributed by atoms with Crippen LogP contribution in [-0.2, 0) is 17.8 Å². The van der Waals surface area contributed by atoms with Gasteiger partial charge in [0.1, 0.15) is 11.4 Å². The van der Waals surface area contributed by atoms with Gasteiger partial charge in [0.25, 0.3) is 0 Å². The maximum atomic E-state index is 5.70. The SMILES string of the molecule is Cc1ccc(Cn2nc(CNC[C@@H]3CCCO3)c(-c3ccccc3)n2)cc1. The van der Waals surface area contributed by atoms with Crippen LogP contribution in [0.2, 0.25) is 0 Å². The highest BCUT2D eigenvalue weighted by Crippen LogP contribution is 2.20. The Bertz CT molecular complexity index is 852. The molecule has 1 aliphatic heterocycles. The van der Waals surface area contributed by atoms with Gasteiger partial charge in [0.15, 0.2) is 0 Å². The maximum Gasteiger partial charge on any atom is 0.117 e. The molecule has 1 aliphatic rings. The molecule has 1 atom stereocenters. The summed E-state index contributed by atoms with van der Waals surface area (Å²) in [5.74, 6) is 0. The third-order valence-electron chi connectivity index (χ3n) is 4.91. The molecular weight excluding hydrogens is 336 g/mol. The van der Waals surface area contributed by atoms with E-state index in [-0.39, 0.29) is 0 Å². The van der Waals surface area contributed by atoms with Gasteiger partial charge in [0.2, 0.25) is 0 Å². The molecule has 0 spiro atoms. The van der Waals surface area contributed by atoms with Crippen molar-refractivity contribution in [1.82, 2.24) is 20.3 Å². The summed E-state index contributed by atoms with van der Waals surface area (Å²) in [6, 6.07) is 18.8. The third-order valence-corrected chi connectivity index (χ3v) is 4.91. The first kappa shape index (κ1) is 17.9. The Kier molecular flexibility index (Phi) is 5.61. The highest BCUT2D eigenvalue weighted by Gasteiger charge is 2.17. The summed E-state index contributed by atoms with van der Waals surface area (Å²) in [6.07, 6.45) is 2.63. The van der Waals surface area contributed by atoms with E-state index in [1.807, 2.05) is 18.2 Å². The largest absolute Gasteiger partial charge is 0.377 e. The number of nitrogens with zero attached hydrogens (tertiary/aromatic N) is 3. The number of nitrogens with one attached hydrogen (secondary N) is 1. The number of rotatable bonds is 7. The Hall–Kier alpha value is -2.50. The van der Waals surface area contributed by atoms with Crippen LogP contribution in [0.25, 0.3) is 11.3 Å². The Balaban J connectivity index is 1.51. The first-order chi connectivity index (χ1) is 13.3. The molecule has 1 fully saturated rings. The van der Waals surface area contributed by atoms with Crippen molar-refractivity contribution < 1.29 is 4.74 Å². The van der Waals surface area contributed by atoms with Crippen LogP contribution in [0.5, 0.6) is 0 Å². The Morgan fingerprint density at radius 3 is 2.63 bits per heavy atom.